The Hall–Kier alpha value is -0.610. The van der Waals surface area contributed by atoms with Gasteiger partial charge < -0.3 is 15.1 Å². The van der Waals surface area contributed by atoms with Crippen LogP contribution >= 0.6 is 0 Å². The Bertz CT molecular complexity index is 229. The molecule has 1 amide bonds. The van der Waals surface area contributed by atoms with E-state index in [1.54, 1.807) is 0 Å². The molecule has 80 valence electrons. The van der Waals surface area contributed by atoms with Crippen LogP contribution in [0, 0.1) is 5.92 Å². The van der Waals surface area contributed by atoms with Crippen molar-refractivity contribution in [3.05, 3.63) is 0 Å². The number of hydrogen-bond acceptors (Lipinski definition) is 3. The third kappa shape index (κ3) is 1.77. The number of likely N-dealkylation sites (tertiary alicyclic amines) is 1. The number of fused-ring (bicyclic) bond motifs is 1. The number of hydrogen-bond donors (Lipinski definition) is 1. The number of rotatable bonds is 2. The summed E-state index contributed by atoms with van der Waals surface area (Å²) in [6.45, 7) is 3.59. The van der Waals surface area contributed by atoms with E-state index in [1.807, 2.05) is 19.0 Å². The Labute approximate surface area is 85.2 Å². The number of amides is 1. The molecule has 0 unspecified atom stereocenters. The maximum atomic E-state index is 11.9. The van der Waals surface area contributed by atoms with Gasteiger partial charge in [0.05, 0.1) is 6.54 Å². The van der Waals surface area contributed by atoms with E-state index in [0.717, 1.165) is 19.6 Å². The van der Waals surface area contributed by atoms with Crippen LogP contribution in [0.25, 0.3) is 0 Å². The van der Waals surface area contributed by atoms with E-state index in [9.17, 15) is 4.79 Å². The van der Waals surface area contributed by atoms with Crippen LogP contribution in [0.3, 0.4) is 0 Å². The molecule has 2 atom stereocenters. The molecule has 0 spiro atoms. The molecule has 2 aliphatic rings. The van der Waals surface area contributed by atoms with E-state index in [1.165, 1.54) is 6.42 Å². The molecule has 2 aliphatic heterocycles. The number of carbonyl (C=O) groups excluding carboxylic acids is 1. The summed E-state index contributed by atoms with van der Waals surface area (Å²) in [5, 5.41) is 3.35. The number of nitrogens with zero attached hydrogens (tertiary/aromatic N) is 2. The van der Waals surface area contributed by atoms with Crippen molar-refractivity contribution in [2.45, 2.75) is 12.5 Å². The lowest BCUT2D eigenvalue weighted by atomic mass is 10.1. The first-order chi connectivity index (χ1) is 6.68. The standard InChI is InChI=1S/C10H19N3O/c1-12(2)7-10(14)13-4-3-8-5-11-6-9(8)13/h8-9,11H,3-7H2,1-2H3/t8-,9+/m1/s1. The molecule has 0 aliphatic carbocycles. The van der Waals surface area contributed by atoms with Crippen LogP contribution in [0.1, 0.15) is 6.42 Å². The fraction of sp³-hybridized carbons (Fsp3) is 0.900. The Morgan fingerprint density at radius 1 is 1.50 bits per heavy atom. The summed E-state index contributed by atoms with van der Waals surface area (Å²) < 4.78 is 0. The van der Waals surface area contributed by atoms with Gasteiger partial charge in [0.15, 0.2) is 0 Å². The molecule has 4 heteroatoms. The van der Waals surface area contributed by atoms with E-state index in [-0.39, 0.29) is 5.91 Å². The summed E-state index contributed by atoms with van der Waals surface area (Å²) in [5.74, 6) is 0.993. The van der Waals surface area contributed by atoms with Crippen molar-refractivity contribution in [2.75, 3.05) is 40.3 Å². The Morgan fingerprint density at radius 3 is 3.00 bits per heavy atom. The first-order valence-corrected chi connectivity index (χ1v) is 5.33. The Kier molecular flexibility index (Phi) is 2.74. The molecule has 2 saturated heterocycles. The van der Waals surface area contributed by atoms with Crippen LogP contribution in [0.4, 0.5) is 0 Å². The number of carbonyl (C=O) groups is 1. The highest BCUT2D eigenvalue weighted by Crippen LogP contribution is 2.26. The molecule has 0 aromatic rings. The third-order valence-corrected chi connectivity index (χ3v) is 3.22. The van der Waals surface area contributed by atoms with Crippen LogP contribution in [-0.4, -0.2) is 62.0 Å². The number of likely N-dealkylation sites (N-methyl/N-ethyl adjacent to an activating group) is 1. The molecule has 0 radical (unpaired) electrons. The van der Waals surface area contributed by atoms with E-state index in [2.05, 4.69) is 10.2 Å². The van der Waals surface area contributed by atoms with Gasteiger partial charge >= 0.3 is 0 Å². The second kappa shape index (κ2) is 3.87. The van der Waals surface area contributed by atoms with Crippen molar-refractivity contribution >= 4 is 5.91 Å². The minimum atomic E-state index is 0.284. The summed E-state index contributed by atoms with van der Waals surface area (Å²) in [5.41, 5.74) is 0. The highest BCUT2D eigenvalue weighted by molar-refractivity contribution is 5.79. The lowest BCUT2D eigenvalue weighted by molar-refractivity contribution is -0.132. The zero-order valence-corrected chi connectivity index (χ0v) is 8.99. The first kappa shape index (κ1) is 9.93. The van der Waals surface area contributed by atoms with Crippen LogP contribution in [0.5, 0.6) is 0 Å². The van der Waals surface area contributed by atoms with Crippen molar-refractivity contribution < 1.29 is 4.79 Å². The average Bonchev–Trinajstić information content (AvgIpc) is 2.59. The normalized spacial score (nSPS) is 31.2. The predicted molar refractivity (Wildman–Crippen MR) is 55.0 cm³/mol. The van der Waals surface area contributed by atoms with Gasteiger partial charge in [0.25, 0.3) is 0 Å². The van der Waals surface area contributed by atoms with Crippen molar-refractivity contribution in [3.63, 3.8) is 0 Å². The molecule has 0 bridgehead atoms. The number of nitrogens with one attached hydrogen (secondary N) is 1. The van der Waals surface area contributed by atoms with Gasteiger partial charge in [-0.2, -0.15) is 0 Å². The van der Waals surface area contributed by atoms with Gasteiger partial charge in [-0.05, 0) is 26.4 Å². The van der Waals surface area contributed by atoms with Crippen molar-refractivity contribution in [2.24, 2.45) is 5.92 Å². The van der Waals surface area contributed by atoms with Crippen molar-refractivity contribution in [3.8, 4) is 0 Å². The van der Waals surface area contributed by atoms with E-state index in [0.29, 0.717) is 18.5 Å². The molecule has 2 rings (SSSR count). The molecule has 0 saturated carbocycles. The minimum absolute atomic E-state index is 0.284. The molecule has 14 heavy (non-hydrogen) atoms. The minimum Gasteiger partial charge on any atom is -0.337 e. The summed E-state index contributed by atoms with van der Waals surface area (Å²) >= 11 is 0. The van der Waals surface area contributed by atoms with Crippen LogP contribution in [-0.2, 0) is 4.79 Å². The van der Waals surface area contributed by atoms with Gasteiger partial charge in [-0.25, -0.2) is 0 Å². The lowest BCUT2D eigenvalue weighted by Gasteiger charge is -2.24. The summed E-state index contributed by atoms with van der Waals surface area (Å²) in [4.78, 5) is 15.9. The highest BCUT2D eigenvalue weighted by atomic mass is 16.2. The van der Waals surface area contributed by atoms with Gasteiger partial charge in [-0.1, -0.05) is 0 Å². The molecule has 1 N–H and O–H groups in total. The van der Waals surface area contributed by atoms with Gasteiger partial charge in [0.2, 0.25) is 5.91 Å². The predicted octanol–water partition coefficient (Wildman–Crippen LogP) is -0.632. The first-order valence-electron chi connectivity index (χ1n) is 5.33. The maximum absolute atomic E-state index is 11.9. The molecule has 2 fully saturated rings. The van der Waals surface area contributed by atoms with Gasteiger partial charge in [0, 0.05) is 25.7 Å². The molecular weight excluding hydrogens is 178 g/mol. The molecule has 2 heterocycles. The van der Waals surface area contributed by atoms with Crippen molar-refractivity contribution in [1.29, 1.82) is 0 Å². The smallest absolute Gasteiger partial charge is 0.237 e. The van der Waals surface area contributed by atoms with Gasteiger partial charge in [0.1, 0.15) is 0 Å². The summed E-state index contributed by atoms with van der Waals surface area (Å²) in [6, 6.07) is 0.474. The van der Waals surface area contributed by atoms with Crippen molar-refractivity contribution in [1.82, 2.24) is 15.1 Å². The zero-order valence-electron chi connectivity index (χ0n) is 8.99. The highest BCUT2D eigenvalue weighted by Gasteiger charge is 2.39. The largest absolute Gasteiger partial charge is 0.337 e. The van der Waals surface area contributed by atoms with Crippen LogP contribution in [0.15, 0.2) is 0 Å². The van der Waals surface area contributed by atoms with E-state index < -0.39 is 0 Å². The molecule has 0 aromatic carbocycles. The monoisotopic (exact) mass is 197 g/mol. The fourth-order valence-corrected chi connectivity index (χ4v) is 2.52. The SMILES string of the molecule is CN(C)CC(=O)N1CC[C@@H]2CNC[C@@H]21. The topological polar surface area (TPSA) is 35.6 Å². The van der Waals surface area contributed by atoms with E-state index in [4.69, 9.17) is 0 Å². The van der Waals surface area contributed by atoms with Gasteiger partial charge in [-0.3, -0.25) is 4.79 Å². The average molecular weight is 197 g/mol. The summed E-state index contributed by atoms with van der Waals surface area (Å²) in [6.07, 6.45) is 1.18. The molecule has 4 nitrogen and oxygen atoms in total. The van der Waals surface area contributed by atoms with Crippen LogP contribution < -0.4 is 5.32 Å². The third-order valence-electron chi connectivity index (χ3n) is 3.22. The fourth-order valence-electron chi connectivity index (χ4n) is 2.52. The maximum Gasteiger partial charge on any atom is 0.237 e. The van der Waals surface area contributed by atoms with Crippen LogP contribution in [0.2, 0.25) is 0 Å². The second-order valence-electron chi connectivity index (χ2n) is 4.60. The lowest BCUT2D eigenvalue weighted by Crippen LogP contribution is -2.43. The summed E-state index contributed by atoms with van der Waals surface area (Å²) in [7, 11) is 3.89. The molecule has 0 aromatic heterocycles. The Balaban J connectivity index is 1.94. The quantitative estimate of drug-likeness (QED) is 0.640. The van der Waals surface area contributed by atoms with Gasteiger partial charge in [-0.15, -0.1) is 0 Å². The zero-order chi connectivity index (χ0) is 10.1. The second-order valence-corrected chi connectivity index (χ2v) is 4.60. The van der Waals surface area contributed by atoms with E-state index >= 15 is 0 Å². The molecular formula is C10H19N3O. The Morgan fingerprint density at radius 2 is 2.29 bits per heavy atom.